The number of benzene rings is 1. The van der Waals surface area contributed by atoms with Crippen LogP contribution < -0.4 is 10.6 Å². The number of nitrogens with one attached hydrogen (secondary N) is 2. The first-order chi connectivity index (χ1) is 8.13. The van der Waals surface area contributed by atoms with Gasteiger partial charge in [0.15, 0.2) is 0 Å². The molecule has 0 saturated heterocycles. The molecule has 1 aromatic carbocycles. The molecule has 1 amide bonds. The molecule has 3 nitrogen and oxygen atoms in total. The van der Waals surface area contributed by atoms with Crippen LogP contribution in [0.15, 0.2) is 24.3 Å². The lowest BCUT2D eigenvalue weighted by molar-refractivity contribution is -0.120. The van der Waals surface area contributed by atoms with Gasteiger partial charge in [-0.15, -0.1) is 0 Å². The lowest BCUT2D eigenvalue weighted by atomic mass is 10.1. The number of halogens is 1. The predicted octanol–water partition coefficient (Wildman–Crippen LogP) is 2.47. The zero-order chi connectivity index (χ0) is 12.7. The molecular weight excluding hydrogens is 327 g/mol. The van der Waals surface area contributed by atoms with Gasteiger partial charge in [-0.3, -0.25) is 4.79 Å². The smallest absolute Gasteiger partial charge is 0.221 e. The third kappa shape index (κ3) is 5.50. The van der Waals surface area contributed by atoms with Gasteiger partial charge in [-0.2, -0.15) is 0 Å². The van der Waals surface area contributed by atoms with Crippen molar-refractivity contribution in [3.63, 3.8) is 0 Å². The van der Waals surface area contributed by atoms with Crippen LogP contribution in [0.3, 0.4) is 0 Å². The van der Waals surface area contributed by atoms with E-state index in [9.17, 15) is 4.79 Å². The Labute approximate surface area is 117 Å². The van der Waals surface area contributed by atoms with E-state index in [0.717, 1.165) is 0 Å². The summed E-state index contributed by atoms with van der Waals surface area (Å²) >= 11 is 2.29. The molecule has 4 heteroatoms. The van der Waals surface area contributed by atoms with Crippen LogP contribution in [-0.4, -0.2) is 19.0 Å². The first-order valence-corrected chi connectivity index (χ1v) is 6.97. The van der Waals surface area contributed by atoms with Crippen molar-refractivity contribution < 1.29 is 4.79 Å². The number of amides is 1. The SMILES string of the molecule is CCNC(=O)CCNC(C)c1ccc(I)cc1. The summed E-state index contributed by atoms with van der Waals surface area (Å²) in [5.74, 6) is 0.106. The fourth-order valence-corrected chi connectivity index (χ4v) is 1.92. The van der Waals surface area contributed by atoms with Crippen LogP contribution in [0, 0.1) is 3.57 Å². The molecule has 0 heterocycles. The van der Waals surface area contributed by atoms with E-state index < -0.39 is 0 Å². The Morgan fingerprint density at radius 3 is 2.59 bits per heavy atom. The molecule has 0 aromatic heterocycles. The molecule has 0 aliphatic rings. The zero-order valence-electron chi connectivity index (χ0n) is 10.3. The van der Waals surface area contributed by atoms with Gasteiger partial charge in [0.05, 0.1) is 0 Å². The quantitative estimate of drug-likeness (QED) is 0.777. The van der Waals surface area contributed by atoms with Gasteiger partial charge in [-0.1, -0.05) is 12.1 Å². The maximum absolute atomic E-state index is 11.3. The van der Waals surface area contributed by atoms with Crippen molar-refractivity contribution in [3.05, 3.63) is 33.4 Å². The average Bonchev–Trinajstić information content (AvgIpc) is 2.30. The van der Waals surface area contributed by atoms with Crippen molar-refractivity contribution >= 4 is 28.5 Å². The van der Waals surface area contributed by atoms with Crippen LogP contribution >= 0.6 is 22.6 Å². The van der Waals surface area contributed by atoms with Gasteiger partial charge < -0.3 is 10.6 Å². The highest BCUT2D eigenvalue weighted by Crippen LogP contribution is 2.14. The summed E-state index contributed by atoms with van der Waals surface area (Å²) in [5, 5.41) is 6.13. The van der Waals surface area contributed by atoms with E-state index >= 15 is 0 Å². The maximum Gasteiger partial charge on any atom is 0.221 e. The molecule has 1 aromatic rings. The summed E-state index contributed by atoms with van der Waals surface area (Å²) in [6.07, 6.45) is 0.530. The van der Waals surface area contributed by atoms with Crippen LogP contribution in [0.4, 0.5) is 0 Å². The second kappa shape index (κ2) is 7.66. The molecule has 0 saturated carbocycles. The Hall–Kier alpha value is -0.620. The molecule has 0 bridgehead atoms. The fraction of sp³-hybridized carbons (Fsp3) is 0.462. The van der Waals surface area contributed by atoms with Gasteiger partial charge in [0, 0.05) is 29.1 Å². The Morgan fingerprint density at radius 2 is 2.00 bits per heavy atom. The maximum atomic E-state index is 11.3. The fourth-order valence-electron chi connectivity index (χ4n) is 1.56. The largest absolute Gasteiger partial charge is 0.356 e. The van der Waals surface area contributed by atoms with E-state index in [0.29, 0.717) is 19.5 Å². The second-order valence-corrected chi connectivity index (χ2v) is 5.18. The van der Waals surface area contributed by atoms with Crippen molar-refractivity contribution in [1.82, 2.24) is 10.6 Å². The minimum atomic E-state index is 0.106. The molecule has 0 radical (unpaired) electrons. The summed E-state index contributed by atoms with van der Waals surface area (Å²) < 4.78 is 1.24. The molecule has 1 atom stereocenters. The molecule has 0 spiro atoms. The summed E-state index contributed by atoms with van der Waals surface area (Å²) in [7, 11) is 0. The number of rotatable bonds is 6. The van der Waals surface area contributed by atoms with Crippen molar-refractivity contribution in [2.24, 2.45) is 0 Å². The minimum Gasteiger partial charge on any atom is -0.356 e. The number of hydrogen-bond acceptors (Lipinski definition) is 2. The van der Waals surface area contributed by atoms with Crippen LogP contribution in [0.2, 0.25) is 0 Å². The van der Waals surface area contributed by atoms with E-state index in [2.05, 4.69) is 64.4 Å². The van der Waals surface area contributed by atoms with Gasteiger partial charge in [0.1, 0.15) is 0 Å². The summed E-state index contributed by atoms with van der Waals surface area (Å²) in [4.78, 5) is 11.3. The minimum absolute atomic E-state index is 0.106. The van der Waals surface area contributed by atoms with E-state index in [-0.39, 0.29) is 11.9 Å². The monoisotopic (exact) mass is 346 g/mol. The molecule has 17 heavy (non-hydrogen) atoms. The lowest BCUT2D eigenvalue weighted by Crippen LogP contribution is -2.28. The topological polar surface area (TPSA) is 41.1 Å². The molecule has 0 fully saturated rings. The normalized spacial score (nSPS) is 12.2. The van der Waals surface area contributed by atoms with E-state index in [4.69, 9.17) is 0 Å². The van der Waals surface area contributed by atoms with Gasteiger partial charge in [0.2, 0.25) is 5.91 Å². The van der Waals surface area contributed by atoms with Crippen LogP contribution in [0.1, 0.15) is 31.9 Å². The van der Waals surface area contributed by atoms with E-state index in [1.54, 1.807) is 0 Å². The molecule has 1 rings (SSSR count). The van der Waals surface area contributed by atoms with Crippen molar-refractivity contribution in [2.75, 3.05) is 13.1 Å². The standard InChI is InChI=1S/C13H19IN2O/c1-3-15-13(17)8-9-16-10(2)11-4-6-12(14)7-5-11/h4-7,10,16H,3,8-9H2,1-2H3,(H,15,17). The Kier molecular flexibility index (Phi) is 6.50. The Bertz CT molecular complexity index is 351. The Morgan fingerprint density at radius 1 is 1.35 bits per heavy atom. The number of carbonyl (C=O) groups excluding carboxylic acids is 1. The average molecular weight is 346 g/mol. The third-order valence-electron chi connectivity index (χ3n) is 2.55. The third-order valence-corrected chi connectivity index (χ3v) is 3.27. The first-order valence-electron chi connectivity index (χ1n) is 5.89. The van der Waals surface area contributed by atoms with Crippen molar-refractivity contribution in [3.8, 4) is 0 Å². The van der Waals surface area contributed by atoms with E-state index in [1.165, 1.54) is 9.13 Å². The number of hydrogen-bond donors (Lipinski definition) is 2. The second-order valence-electron chi connectivity index (χ2n) is 3.93. The van der Waals surface area contributed by atoms with Gasteiger partial charge in [-0.25, -0.2) is 0 Å². The molecule has 0 aliphatic heterocycles. The predicted molar refractivity (Wildman–Crippen MR) is 78.9 cm³/mol. The molecule has 1 unspecified atom stereocenters. The summed E-state index contributed by atoms with van der Waals surface area (Å²) in [6.45, 7) is 5.45. The van der Waals surface area contributed by atoms with Crippen molar-refractivity contribution in [1.29, 1.82) is 0 Å². The lowest BCUT2D eigenvalue weighted by Gasteiger charge is -2.14. The van der Waals surface area contributed by atoms with Crippen LogP contribution in [0.5, 0.6) is 0 Å². The summed E-state index contributed by atoms with van der Waals surface area (Å²) in [6, 6.07) is 8.70. The zero-order valence-corrected chi connectivity index (χ0v) is 12.5. The van der Waals surface area contributed by atoms with Crippen molar-refractivity contribution in [2.45, 2.75) is 26.3 Å². The molecule has 2 N–H and O–H groups in total. The van der Waals surface area contributed by atoms with E-state index in [1.807, 2.05) is 6.92 Å². The Balaban J connectivity index is 2.32. The number of carbonyl (C=O) groups is 1. The van der Waals surface area contributed by atoms with Gasteiger partial charge >= 0.3 is 0 Å². The highest BCUT2D eigenvalue weighted by Gasteiger charge is 2.05. The highest BCUT2D eigenvalue weighted by molar-refractivity contribution is 14.1. The van der Waals surface area contributed by atoms with Gasteiger partial charge in [0.25, 0.3) is 0 Å². The van der Waals surface area contributed by atoms with Gasteiger partial charge in [-0.05, 0) is 54.1 Å². The molecule has 0 aliphatic carbocycles. The van der Waals surface area contributed by atoms with Crippen LogP contribution in [0.25, 0.3) is 0 Å². The summed E-state index contributed by atoms with van der Waals surface area (Å²) in [5.41, 5.74) is 1.25. The van der Waals surface area contributed by atoms with Crippen LogP contribution in [-0.2, 0) is 4.79 Å². The molecule has 94 valence electrons. The first kappa shape index (κ1) is 14.4. The molecular formula is C13H19IN2O. The highest BCUT2D eigenvalue weighted by atomic mass is 127.